The third-order valence-electron chi connectivity index (χ3n) is 2.76. The van der Waals surface area contributed by atoms with Gasteiger partial charge in [0.1, 0.15) is 16.3 Å². The van der Waals surface area contributed by atoms with Crippen LogP contribution in [0.3, 0.4) is 0 Å². The van der Waals surface area contributed by atoms with E-state index in [1.54, 1.807) is 29.0 Å². The summed E-state index contributed by atoms with van der Waals surface area (Å²) < 4.78 is 27.4. The Morgan fingerprint density at radius 3 is 2.77 bits per heavy atom. The Labute approximate surface area is 135 Å². The van der Waals surface area contributed by atoms with Crippen LogP contribution in [0, 0.1) is 0 Å². The van der Waals surface area contributed by atoms with Gasteiger partial charge in [0.05, 0.1) is 0 Å². The zero-order valence-corrected chi connectivity index (χ0v) is 13.3. The topological polar surface area (TPSA) is 110 Å². The van der Waals surface area contributed by atoms with Gasteiger partial charge in [-0.2, -0.15) is 15.6 Å². The van der Waals surface area contributed by atoms with Crippen LogP contribution in [0.4, 0.5) is 10.9 Å². The normalized spacial score (nSPS) is 12.2. The molecule has 0 aliphatic rings. The van der Waals surface area contributed by atoms with Gasteiger partial charge in [-0.3, -0.25) is 9.35 Å². The molecular formula is C12H9N3O4S3. The van der Waals surface area contributed by atoms with Crippen LogP contribution in [0.5, 0.6) is 0 Å². The Morgan fingerprint density at radius 2 is 2.23 bits per heavy atom. The first-order valence-corrected chi connectivity index (χ1v) is 8.75. The summed E-state index contributed by atoms with van der Waals surface area (Å²) in [6, 6.07) is 5.08. The number of amides is 1. The van der Waals surface area contributed by atoms with E-state index in [2.05, 4.69) is 5.16 Å². The van der Waals surface area contributed by atoms with Crippen molar-refractivity contribution in [1.82, 2.24) is 5.16 Å². The minimum Gasteiger partial charge on any atom is -0.365 e. The molecule has 3 aromatic rings. The number of nitrogens with zero attached hydrogens (tertiary/aromatic N) is 2. The molecule has 0 spiro atoms. The molecular weight excluding hydrogens is 346 g/mol. The first-order chi connectivity index (χ1) is 10.6. The van der Waals surface area contributed by atoms with Gasteiger partial charge in [0.15, 0.2) is 0 Å². The molecule has 0 bridgehead atoms. The van der Waals surface area contributed by atoms with Crippen molar-refractivity contribution in [3.8, 4) is 11.3 Å². The number of hydrogen-bond donors (Lipinski definition) is 2. The van der Waals surface area contributed by atoms with Crippen LogP contribution in [0.2, 0.25) is 0 Å². The largest absolute Gasteiger partial charge is 0.365 e. The first-order valence-electron chi connectivity index (χ1n) is 5.86. The highest BCUT2D eigenvalue weighted by molar-refractivity contribution is 7.81. The van der Waals surface area contributed by atoms with Crippen LogP contribution in [0.25, 0.3) is 11.3 Å². The number of rotatable bonds is 5. The van der Waals surface area contributed by atoms with Crippen LogP contribution in [0.15, 0.2) is 38.9 Å². The summed E-state index contributed by atoms with van der Waals surface area (Å²) in [6.07, 6.45) is 0. The van der Waals surface area contributed by atoms with E-state index in [1.165, 1.54) is 22.7 Å². The summed E-state index contributed by atoms with van der Waals surface area (Å²) in [4.78, 5) is 11.8. The maximum Gasteiger partial charge on any atom is 0.269 e. The van der Waals surface area contributed by atoms with Gasteiger partial charge in [-0.05, 0) is 29.0 Å². The lowest BCUT2D eigenvalue weighted by molar-refractivity contribution is 0.100. The Hall–Kier alpha value is -2.01. The third-order valence-corrected chi connectivity index (χ3v) is 5.09. The van der Waals surface area contributed by atoms with E-state index in [9.17, 15) is 13.6 Å². The number of primary amides is 1. The lowest BCUT2D eigenvalue weighted by Gasteiger charge is -2.14. The molecule has 10 heteroatoms. The van der Waals surface area contributed by atoms with Crippen molar-refractivity contribution in [3.05, 3.63) is 39.9 Å². The molecule has 0 aliphatic carbocycles. The summed E-state index contributed by atoms with van der Waals surface area (Å²) in [5, 5.41) is 9.59. The summed E-state index contributed by atoms with van der Waals surface area (Å²) in [5.74, 6) is -0.943. The predicted octanol–water partition coefficient (Wildman–Crippen LogP) is 2.84. The number of thiophene rings is 2. The Morgan fingerprint density at radius 1 is 1.41 bits per heavy atom. The highest BCUT2D eigenvalue weighted by atomic mass is 32.2. The van der Waals surface area contributed by atoms with Gasteiger partial charge < -0.3 is 10.3 Å². The predicted molar refractivity (Wildman–Crippen MR) is 85.6 cm³/mol. The van der Waals surface area contributed by atoms with Gasteiger partial charge in [0, 0.05) is 10.9 Å². The highest BCUT2D eigenvalue weighted by Gasteiger charge is 2.30. The van der Waals surface area contributed by atoms with E-state index in [4.69, 9.17) is 10.3 Å². The smallest absolute Gasteiger partial charge is 0.269 e. The van der Waals surface area contributed by atoms with E-state index in [0.717, 1.165) is 4.31 Å². The maximum absolute atomic E-state index is 11.8. The fourth-order valence-corrected chi connectivity index (χ4v) is 3.95. The van der Waals surface area contributed by atoms with Gasteiger partial charge in [0.2, 0.25) is 0 Å². The molecule has 3 aromatic heterocycles. The SMILES string of the molecule is NC(=O)c1c(-c2ccsc2)noc1N(c1cccs1)S(=O)O. The fraction of sp³-hybridized carbons (Fsp3) is 0. The van der Waals surface area contributed by atoms with Gasteiger partial charge in [-0.25, -0.2) is 4.21 Å². The van der Waals surface area contributed by atoms with Crippen molar-refractivity contribution in [3.63, 3.8) is 0 Å². The fourth-order valence-electron chi connectivity index (χ4n) is 1.87. The van der Waals surface area contributed by atoms with E-state index < -0.39 is 17.2 Å². The zero-order chi connectivity index (χ0) is 15.7. The Bertz CT molecular complexity index is 811. The molecule has 0 saturated carbocycles. The molecule has 22 heavy (non-hydrogen) atoms. The van der Waals surface area contributed by atoms with Crippen molar-refractivity contribution in [2.45, 2.75) is 0 Å². The number of nitrogens with two attached hydrogens (primary N) is 1. The van der Waals surface area contributed by atoms with E-state index in [0.29, 0.717) is 10.6 Å². The second-order valence-corrected chi connectivity index (χ2v) is 6.60. The molecule has 1 atom stereocenters. The second kappa shape index (κ2) is 6.01. The molecule has 0 fully saturated rings. The Balaban J connectivity index is 2.18. The molecule has 0 aromatic carbocycles. The number of aromatic nitrogens is 1. The van der Waals surface area contributed by atoms with Gasteiger partial charge in [-0.15, -0.1) is 11.3 Å². The van der Waals surface area contributed by atoms with E-state index in [1.807, 2.05) is 5.38 Å². The first kappa shape index (κ1) is 14.9. The molecule has 3 heterocycles. The van der Waals surface area contributed by atoms with Gasteiger partial charge in [0.25, 0.3) is 23.1 Å². The van der Waals surface area contributed by atoms with Crippen molar-refractivity contribution >= 4 is 50.7 Å². The molecule has 7 nitrogen and oxygen atoms in total. The van der Waals surface area contributed by atoms with Crippen LogP contribution in [0.1, 0.15) is 10.4 Å². The maximum atomic E-state index is 11.8. The summed E-state index contributed by atoms with van der Waals surface area (Å²) >= 11 is 0.199. The second-order valence-electron chi connectivity index (χ2n) is 4.06. The number of hydrogen-bond acceptors (Lipinski definition) is 6. The monoisotopic (exact) mass is 355 g/mol. The van der Waals surface area contributed by atoms with Crippen molar-refractivity contribution in [1.29, 1.82) is 0 Å². The van der Waals surface area contributed by atoms with Crippen molar-refractivity contribution < 1.29 is 18.1 Å². The molecule has 3 N–H and O–H groups in total. The standard InChI is InChI=1S/C12H9N3O4S3/c13-11(16)9-10(7-3-5-20-6-7)14-19-12(9)15(22(17)18)8-2-1-4-21-8/h1-6H,(H2,13,16)(H,17,18). The zero-order valence-electron chi connectivity index (χ0n) is 10.8. The quantitative estimate of drug-likeness (QED) is 0.684. The van der Waals surface area contributed by atoms with Crippen molar-refractivity contribution in [2.24, 2.45) is 5.73 Å². The molecule has 0 radical (unpaired) electrons. The van der Waals surface area contributed by atoms with Gasteiger partial charge >= 0.3 is 0 Å². The average Bonchev–Trinajstić information content (AvgIpc) is 3.20. The average molecular weight is 355 g/mol. The van der Waals surface area contributed by atoms with Crippen LogP contribution in [-0.4, -0.2) is 19.8 Å². The summed E-state index contributed by atoms with van der Waals surface area (Å²) in [6.45, 7) is 0. The highest BCUT2D eigenvalue weighted by Crippen LogP contribution is 2.37. The molecule has 114 valence electrons. The lowest BCUT2D eigenvalue weighted by atomic mass is 10.1. The minimum atomic E-state index is -2.44. The number of anilines is 2. The van der Waals surface area contributed by atoms with E-state index in [-0.39, 0.29) is 17.1 Å². The number of carbonyl (C=O) groups excluding carboxylic acids is 1. The minimum absolute atomic E-state index is 0.0331. The molecule has 1 amide bonds. The van der Waals surface area contributed by atoms with E-state index >= 15 is 0 Å². The van der Waals surface area contributed by atoms with Crippen LogP contribution >= 0.6 is 22.7 Å². The third kappa shape index (κ3) is 2.57. The van der Waals surface area contributed by atoms with Crippen molar-refractivity contribution in [2.75, 3.05) is 4.31 Å². The van der Waals surface area contributed by atoms with Gasteiger partial charge in [-0.1, -0.05) is 5.16 Å². The molecule has 0 aliphatic heterocycles. The molecule has 1 unspecified atom stereocenters. The van der Waals surface area contributed by atoms with Crippen LogP contribution < -0.4 is 10.0 Å². The molecule has 0 saturated heterocycles. The summed E-state index contributed by atoms with van der Waals surface area (Å²) in [5.41, 5.74) is 6.29. The van der Waals surface area contributed by atoms with Crippen LogP contribution in [-0.2, 0) is 11.3 Å². The Kier molecular flexibility index (Phi) is 4.07. The summed E-state index contributed by atoms with van der Waals surface area (Å²) in [7, 11) is 0. The number of carbonyl (C=O) groups is 1. The lowest BCUT2D eigenvalue weighted by Crippen LogP contribution is -2.22. The molecule has 3 rings (SSSR count).